The highest BCUT2D eigenvalue weighted by atomic mass is 32.2. The van der Waals surface area contributed by atoms with Crippen molar-refractivity contribution in [2.45, 2.75) is 48.4 Å². The molecule has 0 spiro atoms. The van der Waals surface area contributed by atoms with Crippen LogP contribution in [0.5, 0.6) is 5.75 Å². The highest BCUT2D eigenvalue weighted by molar-refractivity contribution is 7.91. The first-order valence-corrected chi connectivity index (χ1v) is 14.4. The molecule has 192 valence electrons. The zero-order valence-corrected chi connectivity index (χ0v) is 21.9. The van der Waals surface area contributed by atoms with Gasteiger partial charge in [-0.05, 0) is 55.2 Å². The first kappa shape index (κ1) is 25.1. The molecule has 0 aliphatic carbocycles. The summed E-state index contributed by atoms with van der Waals surface area (Å²) < 4.78 is 39.9. The molecule has 1 aromatic heterocycles. The van der Waals surface area contributed by atoms with Gasteiger partial charge in [0.2, 0.25) is 26.6 Å². The summed E-state index contributed by atoms with van der Waals surface area (Å²) in [4.78, 5) is 6.97. The maximum Gasteiger partial charge on any atom is 0.236 e. The highest BCUT2D eigenvalue weighted by Gasteiger charge is 2.34. The van der Waals surface area contributed by atoms with Crippen LogP contribution in [0.3, 0.4) is 0 Å². The van der Waals surface area contributed by atoms with E-state index in [-0.39, 0.29) is 15.8 Å². The van der Waals surface area contributed by atoms with Crippen LogP contribution >= 0.6 is 0 Å². The van der Waals surface area contributed by atoms with Crippen LogP contribution in [0.1, 0.15) is 55.5 Å². The van der Waals surface area contributed by atoms with Crippen LogP contribution in [0.25, 0.3) is 0 Å². The Labute approximate surface area is 218 Å². The fourth-order valence-electron chi connectivity index (χ4n) is 4.85. The lowest BCUT2D eigenvalue weighted by atomic mass is 9.91. The molecule has 1 aliphatic heterocycles. The monoisotopic (exact) mass is 516 g/mol. The summed E-state index contributed by atoms with van der Waals surface area (Å²) in [6, 6.07) is 26.4. The average molecular weight is 517 g/mol. The highest BCUT2D eigenvalue weighted by Crippen LogP contribution is 2.39. The van der Waals surface area contributed by atoms with Gasteiger partial charge in [-0.15, -0.1) is 0 Å². The van der Waals surface area contributed by atoms with Crippen LogP contribution in [-0.2, 0) is 9.84 Å². The third kappa shape index (κ3) is 5.42. The quantitative estimate of drug-likeness (QED) is 0.267. The summed E-state index contributed by atoms with van der Waals surface area (Å²) in [7, 11) is -3.94. The third-order valence-corrected chi connectivity index (χ3v) is 8.37. The molecule has 3 aromatic carbocycles. The standard InChI is InChI=1S/C30H32N2O4S/c1-2-35-25-17-19-26(20-18-25)37(33,34)29-30(32-21-11-3-4-12-22-32)36-28(31-29)27(23-13-7-5-8-14-23)24-15-9-6-10-16-24/h5-10,13-20,27H,2-4,11-12,21-22H2,1H3. The first-order valence-electron chi connectivity index (χ1n) is 12.9. The fraction of sp³-hybridized carbons (Fsp3) is 0.300. The van der Waals surface area contributed by atoms with E-state index < -0.39 is 9.84 Å². The summed E-state index contributed by atoms with van der Waals surface area (Å²) in [6.45, 7) is 3.88. The van der Waals surface area contributed by atoms with Crippen molar-refractivity contribution in [2.24, 2.45) is 0 Å². The molecule has 2 heterocycles. The molecule has 1 aliphatic rings. The van der Waals surface area contributed by atoms with Gasteiger partial charge in [0, 0.05) is 13.1 Å². The molecule has 0 unspecified atom stereocenters. The van der Waals surface area contributed by atoms with E-state index >= 15 is 0 Å². The first-order chi connectivity index (χ1) is 18.1. The van der Waals surface area contributed by atoms with Crippen molar-refractivity contribution in [3.63, 3.8) is 0 Å². The second-order valence-corrected chi connectivity index (χ2v) is 11.1. The number of ether oxygens (including phenoxy) is 1. The molecule has 0 N–H and O–H groups in total. The van der Waals surface area contributed by atoms with Gasteiger partial charge in [-0.2, -0.15) is 4.98 Å². The Bertz CT molecular complexity index is 1350. The van der Waals surface area contributed by atoms with Crippen molar-refractivity contribution in [3.05, 3.63) is 102 Å². The van der Waals surface area contributed by atoms with Crippen LogP contribution in [0.2, 0.25) is 0 Å². The second-order valence-electron chi connectivity index (χ2n) is 9.23. The van der Waals surface area contributed by atoms with Crippen molar-refractivity contribution in [2.75, 3.05) is 24.6 Å². The van der Waals surface area contributed by atoms with E-state index in [2.05, 4.69) is 4.90 Å². The Kier molecular flexibility index (Phi) is 7.60. The molecule has 4 aromatic rings. The lowest BCUT2D eigenvalue weighted by Gasteiger charge is -2.20. The fourth-order valence-corrected chi connectivity index (χ4v) is 6.18. The van der Waals surface area contributed by atoms with Gasteiger partial charge in [0.05, 0.1) is 17.4 Å². The Hall–Kier alpha value is -3.58. The maximum atomic E-state index is 14.0. The van der Waals surface area contributed by atoms with Crippen LogP contribution < -0.4 is 9.64 Å². The summed E-state index contributed by atoms with van der Waals surface area (Å²) in [5, 5.41) is -0.0228. The number of benzene rings is 3. The predicted octanol–water partition coefficient (Wildman–Crippen LogP) is 6.47. The van der Waals surface area contributed by atoms with Gasteiger partial charge in [0.15, 0.2) is 0 Å². The predicted molar refractivity (Wildman–Crippen MR) is 144 cm³/mol. The molecular formula is C30H32N2O4S. The zero-order valence-electron chi connectivity index (χ0n) is 21.0. The SMILES string of the molecule is CCOc1ccc(S(=O)(=O)c2nc(C(c3ccccc3)c3ccccc3)oc2N2CCCCCC2)cc1. The molecule has 6 nitrogen and oxygen atoms in total. The van der Waals surface area contributed by atoms with Crippen molar-refractivity contribution >= 4 is 15.7 Å². The third-order valence-electron chi connectivity index (χ3n) is 6.70. The number of anilines is 1. The lowest BCUT2D eigenvalue weighted by Crippen LogP contribution is -2.25. The van der Waals surface area contributed by atoms with Crippen molar-refractivity contribution < 1.29 is 17.6 Å². The van der Waals surface area contributed by atoms with E-state index in [1.165, 1.54) is 0 Å². The Morgan fingerprint density at radius 1 is 0.838 bits per heavy atom. The molecule has 1 saturated heterocycles. The minimum atomic E-state index is -3.94. The van der Waals surface area contributed by atoms with Crippen LogP contribution in [0, 0.1) is 0 Å². The van der Waals surface area contributed by atoms with Gasteiger partial charge < -0.3 is 14.1 Å². The van der Waals surface area contributed by atoms with Gasteiger partial charge in [0.25, 0.3) is 0 Å². The van der Waals surface area contributed by atoms with E-state index in [1.54, 1.807) is 24.3 Å². The maximum absolute atomic E-state index is 14.0. The van der Waals surface area contributed by atoms with E-state index in [0.29, 0.717) is 24.1 Å². The molecular weight excluding hydrogens is 484 g/mol. The smallest absolute Gasteiger partial charge is 0.236 e. The molecule has 5 rings (SSSR count). The molecule has 0 saturated carbocycles. The second kappa shape index (κ2) is 11.2. The number of sulfone groups is 1. The van der Waals surface area contributed by atoms with Crippen molar-refractivity contribution in [3.8, 4) is 5.75 Å². The van der Waals surface area contributed by atoms with Crippen LogP contribution in [-0.4, -0.2) is 33.1 Å². The van der Waals surface area contributed by atoms with Gasteiger partial charge >= 0.3 is 0 Å². The van der Waals surface area contributed by atoms with Crippen molar-refractivity contribution in [1.82, 2.24) is 4.98 Å². The number of hydrogen-bond donors (Lipinski definition) is 0. The van der Waals surface area contributed by atoms with Crippen LogP contribution in [0.15, 0.2) is 99.3 Å². The van der Waals surface area contributed by atoms with E-state index in [9.17, 15) is 8.42 Å². The Morgan fingerprint density at radius 3 is 1.95 bits per heavy atom. The van der Waals surface area contributed by atoms with Crippen molar-refractivity contribution in [1.29, 1.82) is 0 Å². The molecule has 0 radical (unpaired) electrons. The summed E-state index contributed by atoms with van der Waals surface area (Å²) >= 11 is 0. The minimum absolute atomic E-state index is 0.0228. The van der Waals surface area contributed by atoms with Gasteiger partial charge in [-0.3, -0.25) is 0 Å². The molecule has 1 fully saturated rings. The summed E-state index contributed by atoms with van der Waals surface area (Å²) in [5.74, 6) is 1.00. The van der Waals surface area contributed by atoms with Gasteiger partial charge in [-0.25, -0.2) is 8.42 Å². The zero-order chi connectivity index (χ0) is 25.7. The average Bonchev–Trinajstić information content (AvgIpc) is 3.19. The topological polar surface area (TPSA) is 72.6 Å². The molecule has 37 heavy (non-hydrogen) atoms. The number of rotatable bonds is 8. The summed E-state index contributed by atoms with van der Waals surface area (Å²) in [6.07, 6.45) is 4.21. The minimum Gasteiger partial charge on any atom is -0.494 e. The van der Waals surface area contributed by atoms with E-state index in [4.69, 9.17) is 14.1 Å². The lowest BCUT2D eigenvalue weighted by molar-refractivity contribution is 0.340. The van der Waals surface area contributed by atoms with Crippen LogP contribution in [0.4, 0.5) is 5.88 Å². The van der Waals surface area contributed by atoms with E-state index in [1.807, 2.05) is 67.6 Å². The molecule has 0 amide bonds. The Balaban J connectivity index is 1.65. The normalized spacial score (nSPS) is 14.5. The Morgan fingerprint density at radius 2 is 1.41 bits per heavy atom. The number of oxazole rings is 1. The van der Waals surface area contributed by atoms with Gasteiger partial charge in [0.1, 0.15) is 5.75 Å². The van der Waals surface area contributed by atoms with E-state index in [0.717, 1.165) is 49.9 Å². The number of aromatic nitrogens is 1. The molecule has 0 bridgehead atoms. The summed E-state index contributed by atoms with van der Waals surface area (Å²) in [5.41, 5.74) is 1.98. The number of hydrogen-bond acceptors (Lipinski definition) is 6. The largest absolute Gasteiger partial charge is 0.494 e. The molecule has 7 heteroatoms. The molecule has 0 atom stereocenters. The number of nitrogens with zero attached hydrogens (tertiary/aromatic N) is 2. The van der Waals surface area contributed by atoms with Gasteiger partial charge in [-0.1, -0.05) is 73.5 Å².